The number of primary amides is 1. The summed E-state index contributed by atoms with van der Waals surface area (Å²) in [6.45, 7) is 3.25. The summed E-state index contributed by atoms with van der Waals surface area (Å²) in [7, 11) is 2.06. The molecule has 2 amide bonds. The third kappa shape index (κ3) is 5.11. The van der Waals surface area contributed by atoms with Crippen molar-refractivity contribution in [2.24, 2.45) is 11.7 Å². The van der Waals surface area contributed by atoms with E-state index < -0.39 is 0 Å². The average molecular weight is 458 g/mol. The Morgan fingerprint density at radius 2 is 1.84 bits per heavy atom. The van der Waals surface area contributed by atoms with Crippen LogP contribution in [-0.4, -0.2) is 70.9 Å². The van der Waals surface area contributed by atoms with Crippen LogP contribution in [0.5, 0.6) is 0 Å². The summed E-state index contributed by atoms with van der Waals surface area (Å²) in [6.07, 6.45) is 4.04. The predicted molar refractivity (Wildman–Crippen MR) is 124 cm³/mol. The van der Waals surface area contributed by atoms with Crippen molar-refractivity contribution >= 4 is 40.9 Å². The maximum absolute atomic E-state index is 12.7. The standard InChI is InChI=1S/C22H28ClN7O2/c1-29-9-11-30(12-10-29)21(32)14-5-7-15(8-6-14)26-22-25-13-17(23)20(28-22)27-18-4-2-3-16(18)19(24)31/h5-8,13,16,18H,2-4,9-12H2,1H3,(H2,24,31)(H2,25,26,27,28)/t16-,18+/m0/s1. The van der Waals surface area contributed by atoms with Crippen molar-refractivity contribution in [2.75, 3.05) is 43.9 Å². The van der Waals surface area contributed by atoms with Gasteiger partial charge < -0.3 is 26.2 Å². The third-order valence-electron chi connectivity index (χ3n) is 6.13. The molecule has 0 spiro atoms. The minimum Gasteiger partial charge on any atom is -0.369 e. The molecule has 9 nitrogen and oxygen atoms in total. The topological polar surface area (TPSA) is 116 Å². The van der Waals surface area contributed by atoms with Crippen molar-refractivity contribution in [3.05, 3.63) is 41.0 Å². The summed E-state index contributed by atoms with van der Waals surface area (Å²) < 4.78 is 0. The molecule has 0 radical (unpaired) electrons. The second-order valence-electron chi connectivity index (χ2n) is 8.38. The van der Waals surface area contributed by atoms with Crippen LogP contribution in [0.3, 0.4) is 0 Å². The van der Waals surface area contributed by atoms with Crippen LogP contribution in [0.4, 0.5) is 17.5 Å². The first-order valence-electron chi connectivity index (χ1n) is 10.8. The van der Waals surface area contributed by atoms with E-state index in [0.717, 1.165) is 51.1 Å². The van der Waals surface area contributed by atoms with E-state index in [0.29, 0.717) is 22.4 Å². The SMILES string of the molecule is CN1CCN(C(=O)c2ccc(Nc3ncc(Cl)c(N[C@@H]4CCC[C@@H]4C(N)=O)n3)cc2)CC1. The number of nitrogens with two attached hydrogens (primary N) is 1. The maximum atomic E-state index is 12.7. The quantitative estimate of drug-likeness (QED) is 0.609. The third-order valence-corrected chi connectivity index (χ3v) is 6.40. The number of hydrogen-bond donors (Lipinski definition) is 3. The number of benzene rings is 1. The molecule has 2 atom stereocenters. The first kappa shape index (κ1) is 22.3. The zero-order valence-corrected chi connectivity index (χ0v) is 18.8. The smallest absolute Gasteiger partial charge is 0.253 e. The Labute approximate surface area is 192 Å². The number of nitrogens with one attached hydrogen (secondary N) is 2. The van der Waals surface area contributed by atoms with Gasteiger partial charge in [0.05, 0.1) is 12.1 Å². The van der Waals surface area contributed by atoms with Gasteiger partial charge in [0.25, 0.3) is 5.91 Å². The molecule has 2 heterocycles. The van der Waals surface area contributed by atoms with Gasteiger partial charge in [0, 0.05) is 43.5 Å². The van der Waals surface area contributed by atoms with Gasteiger partial charge in [0.2, 0.25) is 11.9 Å². The summed E-state index contributed by atoms with van der Waals surface area (Å²) in [5.41, 5.74) is 6.92. The van der Waals surface area contributed by atoms with E-state index >= 15 is 0 Å². The van der Waals surface area contributed by atoms with Crippen LogP contribution in [0.2, 0.25) is 5.02 Å². The zero-order chi connectivity index (χ0) is 22.7. The number of halogens is 1. The number of nitrogens with zero attached hydrogens (tertiary/aromatic N) is 4. The lowest BCUT2D eigenvalue weighted by Gasteiger charge is -2.32. The van der Waals surface area contributed by atoms with Gasteiger partial charge in [-0.1, -0.05) is 18.0 Å². The fraction of sp³-hybridized carbons (Fsp3) is 0.455. The van der Waals surface area contributed by atoms with Crippen LogP contribution < -0.4 is 16.4 Å². The summed E-state index contributed by atoms with van der Waals surface area (Å²) in [4.78, 5) is 37.2. The first-order chi connectivity index (χ1) is 15.4. The average Bonchev–Trinajstić information content (AvgIpc) is 3.25. The maximum Gasteiger partial charge on any atom is 0.253 e. The van der Waals surface area contributed by atoms with Crippen LogP contribution in [0.15, 0.2) is 30.5 Å². The number of amides is 2. The van der Waals surface area contributed by atoms with E-state index in [2.05, 4.69) is 32.5 Å². The normalized spacial score (nSPS) is 21.4. The van der Waals surface area contributed by atoms with E-state index in [1.54, 1.807) is 12.1 Å². The number of anilines is 3. The minimum atomic E-state index is -0.310. The first-order valence-corrected chi connectivity index (χ1v) is 11.2. The van der Waals surface area contributed by atoms with Crippen LogP contribution in [-0.2, 0) is 4.79 Å². The van der Waals surface area contributed by atoms with Crippen molar-refractivity contribution in [3.8, 4) is 0 Å². The molecule has 10 heteroatoms. The molecule has 0 bridgehead atoms. The van der Waals surface area contributed by atoms with Gasteiger partial charge in [0.1, 0.15) is 5.02 Å². The molecule has 2 fully saturated rings. The van der Waals surface area contributed by atoms with Crippen LogP contribution in [0.25, 0.3) is 0 Å². The fourth-order valence-electron chi connectivity index (χ4n) is 4.19. The number of hydrogen-bond acceptors (Lipinski definition) is 7. The molecule has 1 saturated carbocycles. The molecule has 1 aromatic carbocycles. The van der Waals surface area contributed by atoms with Gasteiger partial charge >= 0.3 is 0 Å². The lowest BCUT2D eigenvalue weighted by molar-refractivity contribution is -0.121. The molecule has 1 aliphatic carbocycles. The molecule has 32 heavy (non-hydrogen) atoms. The number of carbonyl (C=O) groups excluding carboxylic acids is 2. The van der Waals surface area contributed by atoms with Crippen LogP contribution in [0.1, 0.15) is 29.6 Å². The van der Waals surface area contributed by atoms with E-state index in [1.165, 1.54) is 6.20 Å². The van der Waals surface area contributed by atoms with Gasteiger partial charge in [-0.05, 0) is 44.2 Å². The number of rotatable bonds is 6. The highest BCUT2D eigenvalue weighted by Gasteiger charge is 2.32. The Morgan fingerprint density at radius 1 is 1.12 bits per heavy atom. The second-order valence-corrected chi connectivity index (χ2v) is 8.79. The van der Waals surface area contributed by atoms with E-state index in [1.807, 2.05) is 17.0 Å². The van der Waals surface area contributed by atoms with Crippen LogP contribution in [0, 0.1) is 5.92 Å². The van der Waals surface area contributed by atoms with Crippen molar-refractivity contribution in [3.63, 3.8) is 0 Å². The lowest BCUT2D eigenvalue weighted by Crippen LogP contribution is -2.47. The molecule has 2 aliphatic rings. The van der Waals surface area contributed by atoms with Crippen molar-refractivity contribution in [1.82, 2.24) is 19.8 Å². The zero-order valence-electron chi connectivity index (χ0n) is 18.1. The molecular formula is C22H28ClN7O2. The fourth-order valence-corrected chi connectivity index (χ4v) is 4.34. The number of aromatic nitrogens is 2. The molecule has 1 aromatic heterocycles. The summed E-state index contributed by atoms with van der Waals surface area (Å²) in [6, 6.07) is 7.16. The summed E-state index contributed by atoms with van der Waals surface area (Å²) >= 11 is 6.27. The van der Waals surface area contributed by atoms with Crippen molar-refractivity contribution in [1.29, 1.82) is 0 Å². The second kappa shape index (κ2) is 9.70. The molecule has 4 rings (SSSR count). The van der Waals surface area contributed by atoms with E-state index in [4.69, 9.17) is 17.3 Å². The van der Waals surface area contributed by atoms with Gasteiger partial charge in [0.15, 0.2) is 5.82 Å². The van der Waals surface area contributed by atoms with Crippen LogP contribution >= 0.6 is 11.6 Å². The summed E-state index contributed by atoms with van der Waals surface area (Å²) in [5.74, 6) is 0.324. The molecule has 2 aromatic rings. The minimum absolute atomic E-state index is 0.0412. The van der Waals surface area contributed by atoms with Gasteiger partial charge in [-0.3, -0.25) is 9.59 Å². The van der Waals surface area contributed by atoms with E-state index in [-0.39, 0.29) is 23.8 Å². The number of carbonyl (C=O) groups is 2. The molecule has 1 saturated heterocycles. The Morgan fingerprint density at radius 3 is 2.53 bits per heavy atom. The highest BCUT2D eigenvalue weighted by molar-refractivity contribution is 6.32. The largest absolute Gasteiger partial charge is 0.369 e. The molecule has 170 valence electrons. The van der Waals surface area contributed by atoms with Crippen molar-refractivity contribution < 1.29 is 9.59 Å². The van der Waals surface area contributed by atoms with E-state index in [9.17, 15) is 9.59 Å². The molecule has 4 N–H and O–H groups in total. The highest BCUT2D eigenvalue weighted by Crippen LogP contribution is 2.30. The monoisotopic (exact) mass is 457 g/mol. The van der Waals surface area contributed by atoms with Gasteiger partial charge in [-0.2, -0.15) is 4.98 Å². The molecule has 1 aliphatic heterocycles. The Bertz CT molecular complexity index is 977. The summed E-state index contributed by atoms with van der Waals surface area (Å²) in [5, 5.41) is 6.76. The Kier molecular flexibility index (Phi) is 6.76. The highest BCUT2D eigenvalue weighted by atomic mass is 35.5. The predicted octanol–water partition coefficient (Wildman–Crippen LogP) is 2.33. The van der Waals surface area contributed by atoms with Gasteiger partial charge in [-0.15, -0.1) is 0 Å². The lowest BCUT2D eigenvalue weighted by atomic mass is 10.0. The van der Waals surface area contributed by atoms with Gasteiger partial charge in [-0.25, -0.2) is 4.98 Å². The Hall–Kier alpha value is -2.91. The molecule has 0 unspecified atom stereocenters. The number of piperazine rings is 1. The van der Waals surface area contributed by atoms with Crippen molar-refractivity contribution in [2.45, 2.75) is 25.3 Å². The Balaban J connectivity index is 1.41. The number of likely N-dealkylation sites (N-methyl/N-ethyl adjacent to an activating group) is 1. The molecular weight excluding hydrogens is 430 g/mol.